The summed E-state index contributed by atoms with van der Waals surface area (Å²) in [6.07, 6.45) is 0.901. The molecule has 0 aromatic carbocycles. The maximum absolute atomic E-state index is 11.5. The lowest BCUT2D eigenvalue weighted by molar-refractivity contribution is 0.598. The summed E-state index contributed by atoms with van der Waals surface area (Å²) in [5, 5.41) is 3.55. The van der Waals surface area contributed by atoms with Gasteiger partial charge >= 0.3 is 0 Å². The molecular formula is C9H11ClN2O. The van der Waals surface area contributed by atoms with Gasteiger partial charge < -0.3 is 9.88 Å². The molecule has 0 spiro atoms. The van der Waals surface area contributed by atoms with Gasteiger partial charge in [0.1, 0.15) is 5.02 Å². The number of hydrogen-bond donors (Lipinski definition) is 1. The molecule has 0 saturated heterocycles. The molecule has 0 aliphatic carbocycles. The first-order chi connectivity index (χ1) is 6.20. The zero-order valence-corrected chi connectivity index (χ0v) is 8.19. The highest BCUT2D eigenvalue weighted by Crippen LogP contribution is 2.14. The molecule has 13 heavy (non-hydrogen) atoms. The molecule has 2 rings (SSSR count). The summed E-state index contributed by atoms with van der Waals surface area (Å²) in [6.45, 7) is 1.74. The highest BCUT2D eigenvalue weighted by molar-refractivity contribution is 6.30. The minimum Gasteiger partial charge on any atom is -0.314 e. The lowest BCUT2D eigenvalue weighted by Crippen LogP contribution is -2.31. The zero-order valence-electron chi connectivity index (χ0n) is 7.43. The topological polar surface area (TPSA) is 34.0 Å². The SMILES string of the molecule is Cn1c2c(cc(Cl)c1=O)CNCC2. The van der Waals surface area contributed by atoms with Crippen LogP contribution >= 0.6 is 11.6 Å². The fraction of sp³-hybridized carbons (Fsp3) is 0.444. The van der Waals surface area contributed by atoms with Crippen LogP contribution in [0.25, 0.3) is 0 Å². The Morgan fingerprint density at radius 2 is 2.38 bits per heavy atom. The number of aromatic nitrogens is 1. The van der Waals surface area contributed by atoms with Gasteiger partial charge in [-0.3, -0.25) is 4.79 Å². The van der Waals surface area contributed by atoms with Crippen molar-refractivity contribution in [3.63, 3.8) is 0 Å². The van der Waals surface area contributed by atoms with Gasteiger partial charge in [0, 0.05) is 32.3 Å². The van der Waals surface area contributed by atoms with E-state index in [1.54, 1.807) is 17.7 Å². The van der Waals surface area contributed by atoms with Crippen LogP contribution < -0.4 is 10.9 Å². The molecule has 0 atom stereocenters. The first kappa shape index (κ1) is 8.78. The Labute approximate surface area is 81.3 Å². The standard InChI is InChI=1S/C9H11ClN2O/c1-12-8-2-3-11-5-6(8)4-7(10)9(12)13/h4,11H,2-3,5H2,1H3. The second-order valence-corrected chi connectivity index (χ2v) is 3.66. The van der Waals surface area contributed by atoms with Crippen molar-refractivity contribution in [3.8, 4) is 0 Å². The molecule has 1 aromatic heterocycles. The molecule has 1 N–H and O–H groups in total. The molecular weight excluding hydrogens is 188 g/mol. The monoisotopic (exact) mass is 198 g/mol. The van der Waals surface area contributed by atoms with E-state index in [-0.39, 0.29) is 5.56 Å². The van der Waals surface area contributed by atoms with Gasteiger partial charge in [-0.05, 0) is 11.6 Å². The molecule has 1 aliphatic heterocycles. The summed E-state index contributed by atoms with van der Waals surface area (Å²) in [6, 6.07) is 1.77. The summed E-state index contributed by atoms with van der Waals surface area (Å²) < 4.78 is 1.65. The van der Waals surface area contributed by atoms with Gasteiger partial charge in [0.15, 0.2) is 0 Å². The van der Waals surface area contributed by atoms with Gasteiger partial charge in [-0.15, -0.1) is 0 Å². The normalized spacial score (nSPS) is 15.5. The van der Waals surface area contributed by atoms with E-state index in [1.165, 1.54) is 0 Å². The number of nitrogens with zero attached hydrogens (tertiary/aromatic N) is 1. The molecule has 1 aliphatic rings. The van der Waals surface area contributed by atoms with Gasteiger partial charge in [0.2, 0.25) is 0 Å². The molecule has 0 saturated carbocycles. The summed E-state index contributed by atoms with van der Waals surface area (Å²) in [7, 11) is 1.78. The van der Waals surface area contributed by atoms with E-state index in [4.69, 9.17) is 11.6 Å². The maximum Gasteiger partial charge on any atom is 0.269 e. The van der Waals surface area contributed by atoms with Crippen molar-refractivity contribution in [1.29, 1.82) is 0 Å². The number of fused-ring (bicyclic) bond motifs is 1. The molecule has 3 nitrogen and oxygen atoms in total. The quantitative estimate of drug-likeness (QED) is 0.666. The zero-order chi connectivity index (χ0) is 9.42. The van der Waals surface area contributed by atoms with Crippen LogP contribution in [0, 0.1) is 0 Å². The first-order valence-corrected chi connectivity index (χ1v) is 4.66. The first-order valence-electron chi connectivity index (χ1n) is 4.28. The Hall–Kier alpha value is -0.800. The molecule has 2 heterocycles. The number of halogens is 1. The molecule has 0 fully saturated rings. The molecule has 70 valence electrons. The van der Waals surface area contributed by atoms with Crippen molar-refractivity contribution >= 4 is 11.6 Å². The fourth-order valence-corrected chi connectivity index (χ4v) is 1.97. The van der Waals surface area contributed by atoms with E-state index in [9.17, 15) is 4.79 Å². The molecule has 0 bridgehead atoms. The van der Waals surface area contributed by atoms with Crippen LogP contribution in [-0.4, -0.2) is 11.1 Å². The fourth-order valence-electron chi connectivity index (χ4n) is 1.71. The minimum atomic E-state index is -0.0951. The van der Waals surface area contributed by atoms with E-state index in [0.717, 1.165) is 30.8 Å². The predicted octanol–water partition coefficient (Wildman–Crippen LogP) is 0.684. The molecule has 0 amide bonds. The van der Waals surface area contributed by atoms with Crippen molar-refractivity contribution in [1.82, 2.24) is 9.88 Å². The van der Waals surface area contributed by atoms with Crippen LogP contribution in [0.1, 0.15) is 11.3 Å². The van der Waals surface area contributed by atoms with E-state index in [0.29, 0.717) is 5.02 Å². The van der Waals surface area contributed by atoms with Crippen molar-refractivity contribution < 1.29 is 0 Å². The third-order valence-electron chi connectivity index (χ3n) is 2.44. The lowest BCUT2D eigenvalue weighted by Gasteiger charge is -2.19. The number of rotatable bonds is 0. The van der Waals surface area contributed by atoms with Crippen LogP contribution in [0.3, 0.4) is 0 Å². The number of nitrogens with one attached hydrogen (secondary N) is 1. The van der Waals surface area contributed by atoms with E-state index < -0.39 is 0 Å². The van der Waals surface area contributed by atoms with Gasteiger partial charge in [0.05, 0.1) is 0 Å². The van der Waals surface area contributed by atoms with Gasteiger partial charge in [-0.25, -0.2) is 0 Å². The van der Waals surface area contributed by atoms with Crippen LogP contribution in [0.4, 0.5) is 0 Å². The van der Waals surface area contributed by atoms with E-state index in [2.05, 4.69) is 5.32 Å². The average molecular weight is 199 g/mol. The lowest BCUT2D eigenvalue weighted by atomic mass is 10.1. The van der Waals surface area contributed by atoms with E-state index in [1.807, 2.05) is 0 Å². The highest BCUT2D eigenvalue weighted by atomic mass is 35.5. The Morgan fingerprint density at radius 1 is 1.62 bits per heavy atom. The Balaban J connectivity index is 2.67. The van der Waals surface area contributed by atoms with Crippen LogP contribution in [0.5, 0.6) is 0 Å². The Morgan fingerprint density at radius 3 is 3.15 bits per heavy atom. The van der Waals surface area contributed by atoms with Crippen LogP contribution in [0.15, 0.2) is 10.9 Å². The minimum absolute atomic E-state index is 0.0951. The summed E-state index contributed by atoms with van der Waals surface area (Å²) in [5.41, 5.74) is 2.15. The largest absolute Gasteiger partial charge is 0.314 e. The Kier molecular flexibility index (Phi) is 2.14. The smallest absolute Gasteiger partial charge is 0.269 e. The third-order valence-corrected chi connectivity index (χ3v) is 2.71. The number of pyridine rings is 1. The van der Waals surface area contributed by atoms with Crippen molar-refractivity contribution in [3.05, 3.63) is 32.7 Å². The predicted molar refractivity (Wildman–Crippen MR) is 52.1 cm³/mol. The maximum atomic E-state index is 11.5. The summed E-state index contributed by atoms with van der Waals surface area (Å²) in [4.78, 5) is 11.5. The summed E-state index contributed by atoms with van der Waals surface area (Å²) >= 11 is 5.79. The van der Waals surface area contributed by atoms with Crippen molar-refractivity contribution in [2.24, 2.45) is 7.05 Å². The van der Waals surface area contributed by atoms with Crippen molar-refractivity contribution in [2.45, 2.75) is 13.0 Å². The van der Waals surface area contributed by atoms with E-state index >= 15 is 0 Å². The average Bonchev–Trinajstić information content (AvgIpc) is 2.15. The molecule has 4 heteroatoms. The third kappa shape index (κ3) is 1.38. The van der Waals surface area contributed by atoms with Gasteiger partial charge in [0.25, 0.3) is 5.56 Å². The number of hydrogen-bond acceptors (Lipinski definition) is 2. The second-order valence-electron chi connectivity index (χ2n) is 3.26. The van der Waals surface area contributed by atoms with Crippen LogP contribution in [-0.2, 0) is 20.0 Å². The molecule has 0 unspecified atom stereocenters. The summed E-state index contributed by atoms with van der Waals surface area (Å²) in [5.74, 6) is 0. The Bertz CT molecular complexity index is 397. The molecule has 0 radical (unpaired) electrons. The highest BCUT2D eigenvalue weighted by Gasteiger charge is 2.13. The second kappa shape index (κ2) is 3.16. The van der Waals surface area contributed by atoms with Crippen LogP contribution in [0.2, 0.25) is 5.02 Å². The van der Waals surface area contributed by atoms with Gasteiger partial charge in [-0.2, -0.15) is 0 Å². The van der Waals surface area contributed by atoms with Crippen molar-refractivity contribution in [2.75, 3.05) is 6.54 Å². The molecule has 1 aromatic rings. The van der Waals surface area contributed by atoms with Gasteiger partial charge in [-0.1, -0.05) is 11.6 Å².